The fourth-order valence-corrected chi connectivity index (χ4v) is 7.19. The molecule has 41 heavy (non-hydrogen) atoms. The van der Waals surface area contributed by atoms with Gasteiger partial charge in [0.1, 0.15) is 34.5 Å². The van der Waals surface area contributed by atoms with Gasteiger partial charge in [-0.1, -0.05) is 64.1 Å². The Balaban J connectivity index is 1.32. The zero-order valence-electron chi connectivity index (χ0n) is 23.7. The molecule has 0 fully saturated rings. The average Bonchev–Trinajstić information content (AvgIpc) is 2.97. The summed E-state index contributed by atoms with van der Waals surface area (Å²) in [4.78, 5) is 0. The van der Waals surface area contributed by atoms with Crippen molar-refractivity contribution in [3.8, 4) is 45.6 Å². The lowest BCUT2D eigenvalue weighted by atomic mass is 9.33. The monoisotopic (exact) mass is 532 g/mol. The Morgan fingerprint density at radius 2 is 1.32 bits per heavy atom. The molecule has 0 saturated carbocycles. The topological polar surface area (TPSA) is 27.7 Å². The first-order valence-corrected chi connectivity index (χ1v) is 14.7. The van der Waals surface area contributed by atoms with Crippen LogP contribution in [0, 0.1) is 0 Å². The number of allylic oxidation sites excluding steroid dienone is 1. The van der Waals surface area contributed by atoms with E-state index in [9.17, 15) is 0 Å². The van der Waals surface area contributed by atoms with Crippen molar-refractivity contribution in [1.29, 1.82) is 0 Å². The first-order chi connectivity index (χ1) is 19.9. The summed E-state index contributed by atoms with van der Waals surface area (Å²) in [5, 5.41) is 2.62. The third-order valence-corrected chi connectivity index (χ3v) is 9.30. The zero-order chi connectivity index (χ0) is 27.6. The molecule has 0 radical (unpaired) electrons. The number of hydrogen-bond acceptors (Lipinski definition) is 3. The summed E-state index contributed by atoms with van der Waals surface area (Å²) in [6, 6.07) is 24.4. The number of benzene rings is 5. The van der Waals surface area contributed by atoms with Crippen LogP contribution in [-0.2, 0) is 6.42 Å². The van der Waals surface area contributed by atoms with E-state index in [1.54, 1.807) is 0 Å². The van der Waals surface area contributed by atoms with Gasteiger partial charge in [0.2, 0.25) is 0 Å². The summed E-state index contributed by atoms with van der Waals surface area (Å²) in [5.41, 5.74) is 10.7. The fraction of sp³-hybridized carbons (Fsp3) is 0.189. The van der Waals surface area contributed by atoms with Crippen LogP contribution in [0.1, 0.15) is 61.8 Å². The molecule has 198 valence electrons. The molecule has 0 aromatic heterocycles. The van der Waals surface area contributed by atoms with Crippen molar-refractivity contribution < 1.29 is 14.2 Å². The lowest BCUT2D eigenvalue weighted by Gasteiger charge is -2.39. The van der Waals surface area contributed by atoms with Crippen LogP contribution in [0.15, 0.2) is 72.8 Å². The third kappa shape index (κ3) is 3.16. The van der Waals surface area contributed by atoms with Crippen LogP contribution < -0.4 is 30.6 Å². The molecule has 0 amide bonds. The van der Waals surface area contributed by atoms with Crippen LogP contribution in [0.5, 0.6) is 34.5 Å². The van der Waals surface area contributed by atoms with Crippen LogP contribution in [0.3, 0.4) is 0 Å². The highest BCUT2D eigenvalue weighted by Crippen LogP contribution is 2.47. The van der Waals surface area contributed by atoms with Gasteiger partial charge in [-0.05, 0) is 99.3 Å². The molecule has 4 aliphatic rings. The molecule has 9 rings (SSSR count). The molecule has 5 aromatic carbocycles. The fourth-order valence-electron chi connectivity index (χ4n) is 7.19. The summed E-state index contributed by atoms with van der Waals surface area (Å²) in [5.74, 6) is 6.05. The van der Waals surface area contributed by atoms with E-state index in [1.807, 2.05) is 0 Å². The van der Waals surface area contributed by atoms with Crippen molar-refractivity contribution in [2.45, 2.75) is 46.0 Å². The van der Waals surface area contributed by atoms with Gasteiger partial charge in [0, 0.05) is 22.0 Å². The lowest BCUT2D eigenvalue weighted by molar-refractivity contribution is 0.441. The van der Waals surface area contributed by atoms with Gasteiger partial charge in [0.05, 0.1) is 0 Å². The molecular formula is C37H29BO3. The van der Waals surface area contributed by atoms with E-state index >= 15 is 0 Å². The molecule has 5 aromatic rings. The van der Waals surface area contributed by atoms with E-state index in [1.165, 1.54) is 38.6 Å². The summed E-state index contributed by atoms with van der Waals surface area (Å²) in [6.07, 6.45) is 5.44. The Morgan fingerprint density at radius 3 is 2.00 bits per heavy atom. The molecule has 1 aliphatic carbocycles. The van der Waals surface area contributed by atoms with Crippen LogP contribution in [-0.4, -0.2) is 6.71 Å². The Bertz CT molecular complexity index is 2000. The number of hydrogen-bond donors (Lipinski definition) is 0. The van der Waals surface area contributed by atoms with Gasteiger partial charge in [0.25, 0.3) is 6.71 Å². The molecule has 3 nitrogen and oxygen atoms in total. The maximum atomic E-state index is 6.94. The summed E-state index contributed by atoms with van der Waals surface area (Å²) >= 11 is 0. The minimum atomic E-state index is 0.00182. The first-order valence-electron chi connectivity index (χ1n) is 14.7. The van der Waals surface area contributed by atoms with Crippen molar-refractivity contribution in [3.05, 3.63) is 95.1 Å². The van der Waals surface area contributed by atoms with Gasteiger partial charge in [-0.15, -0.1) is 0 Å². The summed E-state index contributed by atoms with van der Waals surface area (Å²) in [7, 11) is 0. The van der Waals surface area contributed by atoms with Gasteiger partial charge < -0.3 is 14.2 Å². The van der Waals surface area contributed by atoms with E-state index in [0.29, 0.717) is 11.8 Å². The molecule has 3 aliphatic heterocycles. The van der Waals surface area contributed by atoms with Crippen molar-refractivity contribution in [2.24, 2.45) is 0 Å². The minimum Gasteiger partial charge on any atom is -0.458 e. The van der Waals surface area contributed by atoms with Crippen molar-refractivity contribution in [2.75, 3.05) is 0 Å². The van der Waals surface area contributed by atoms with Crippen molar-refractivity contribution >= 4 is 39.9 Å². The second kappa shape index (κ2) is 8.07. The number of ether oxygens (including phenoxy) is 3. The van der Waals surface area contributed by atoms with Crippen LogP contribution in [0.4, 0.5) is 0 Å². The highest BCUT2D eigenvalue weighted by atomic mass is 16.5. The van der Waals surface area contributed by atoms with Gasteiger partial charge in [-0.2, -0.15) is 0 Å². The number of rotatable bonds is 3. The van der Waals surface area contributed by atoms with Crippen LogP contribution in [0.2, 0.25) is 0 Å². The molecular weight excluding hydrogens is 503 g/mol. The predicted molar refractivity (Wildman–Crippen MR) is 168 cm³/mol. The maximum Gasteiger partial charge on any atom is 0.270 e. The SMILES string of the molecule is CC(C)c1cc2c3c(c1)Oc1ccc(-c4cc5c6c(cccc6c4)C=CC5)c4c1B3c1c(cc(C(C)C)cc1O4)O2. The van der Waals surface area contributed by atoms with Crippen LogP contribution >= 0.6 is 0 Å². The Hall–Kier alpha value is -4.44. The quantitative estimate of drug-likeness (QED) is 0.215. The zero-order valence-corrected chi connectivity index (χ0v) is 23.7. The predicted octanol–water partition coefficient (Wildman–Crippen LogP) is 8.16. The van der Waals surface area contributed by atoms with E-state index in [-0.39, 0.29) is 6.71 Å². The van der Waals surface area contributed by atoms with Crippen molar-refractivity contribution in [1.82, 2.24) is 0 Å². The van der Waals surface area contributed by atoms with Crippen molar-refractivity contribution in [3.63, 3.8) is 0 Å². The minimum absolute atomic E-state index is 0.00182. The average molecular weight is 532 g/mol. The standard InChI is InChI=1S/C37H29BO3/c1-19(2)24-15-29-34-30(16-24)40-31-17-25(20(3)4)18-32-35(31)38(34)36-28(39-29)12-11-27(37(36)41-32)26-13-22-9-5-7-21-8-6-10-23(14-26)33(21)22/h5-9,11-20H,10H2,1-4H3. The normalized spacial score (nSPS) is 14.6. The third-order valence-electron chi connectivity index (χ3n) is 9.30. The molecule has 0 unspecified atom stereocenters. The molecule has 0 saturated heterocycles. The van der Waals surface area contributed by atoms with Gasteiger partial charge in [-0.25, -0.2) is 0 Å². The highest BCUT2D eigenvalue weighted by molar-refractivity contribution is 6.99. The Morgan fingerprint density at radius 1 is 0.659 bits per heavy atom. The largest absolute Gasteiger partial charge is 0.458 e. The summed E-state index contributed by atoms with van der Waals surface area (Å²) in [6.45, 7) is 8.87. The van der Waals surface area contributed by atoms with Gasteiger partial charge in [-0.3, -0.25) is 0 Å². The molecule has 0 spiro atoms. The molecule has 3 heterocycles. The molecule has 0 N–H and O–H groups in total. The lowest BCUT2D eigenvalue weighted by Crippen LogP contribution is -2.59. The highest BCUT2D eigenvalue weighted by Gasteiger charge is 2.47. The van der Waals surface area contributed by atoms with Gasteiger partial charge >= 0.3 is 0 Å². The smallest absolute Gasteiger partial charge is 0.270 e. The first kappa shape index (κ1) is 23.3. The maximum absolute atomic E-state index is 6.94. The summed E-state index contributed by atoms with van der Waals surface area (Å²) < 4.78 is 20.3. The molecule has 0 bridgehead atoms. The van der Waals surface area contributed by atoms with E-state index in [2.05, 4.69) is 107 Å². The second-order valence-electron chi connectivity index (χ2n) is 12.5. The Labute approximate surface area is 240 Å². The second-order valence-corrected chi connectivity index (χ2v) is 12.5. The van der Waals surface area contributed by atoms with E-state index in [4.69, 9.17) is 14.2 Å². The molecule has 0 atom stereocenters. The Kier molecular flexibility index (Phi) is 4.58. The van der Waals surface area contributed by atoms with E-state index < -0.39 is 0 Å². The van der Waals surface area contributed by atoms with Gasteiger partial charge in [0.15, 0.2) is 0 Å². The van der Waals surface area contributed by atoms with Crippen LogP contribution in [0.25, 0.3) is 28.0 Å². The molecule has 4 heteroatoms. The van der Waals surface area contributed by atoms with E-state index in [0.717, 1.165) is 62.9 Å².